The summed E-state index contributed by atoms with van der Waals surface area (Å²) in [5.74, 6) is -0.180. The maximum Gasteiger partial charge on any atom is 0.421 e. The van der Waals surface area contributed by atoms with Gasteiger partial charge in [0.25, 0.3) is 0 Å². The van der Waals surface area contributed by atoms with Gasteiger partial charge < -0.3 is 15.4 Å². The van der Waals surface area contributed by atoms with E-state index >= 15 is 0 Å². The van der Waals surface area contributed by atoms with Crippen LogP contribution in [0.15, 0.2) is 24.4 Å². The van der Waals surface area contributed by atoms with Crippen LogP contribution in [0.2, 0.25) is 0 Å². The van der Waals surface area contributed by atoms with Gasteiger partial charge in [0.05, 0.1) is 12.8 Å². The topological polar surface area (TPSA) is 76.1 Å². The molecule has 0 aliphatic rings. The number of Topliss-reactive ketones (excluding diaryl/α,β-unsaturated/α-hetero) is 1. The van der Waals surface area contributed by atoms with Crippen LogP contribution in [0.3, 0.4) is 0 Å². The molecule has 6 nitrogen and oxygen atoms in total. The number of hydrogen-bond acceptors (Lipinski definition) is 6. The lowest BCUT2D eigenvalue weighted by Crippen LogP contribution is -2.12. The standard InChI is InChI=1S/C15H15F3N4O2/c1-8(23)9-4-5-11(12(6-9)24-3)21-14-20-7-10(15(16,17)18)13(19-2)22-14/h4-7H,1-3H3,(H2,19,20,21,22). The number of nitrogens with one attached hydrogen (secondary N) is 2. The number of rotatable bonds is 5. The van der Waals surface area contributed by atoms with E-state index in [4.69, 9.17) is 4.74 Å². The SMILES string of the molecule is CNc1nc(Nc2ccc(C(C)=O)cc2OC)ncc1C(F)(F)F. The van der Waals surface area contributed by atoms with Crippen molar-refractivity contribution in [3.05, 3.63) is 35.5 Å². The first kappa shape index (κ1) is 17.5. The van der Waals surface area contributed by atoms with Crippen molar-refractivity contribution in [2.24, 2.45) is 0 Å². The fourth-order valence-electron chi connectivity index (χ4n) is 1.97. The predicted octanol–water partition coefficient (Wildman–Crippen LogP) is 3.49. The van der Waals surface area contributed by atoms with Gasteiger partial charge in [-0.2, -0.15) is 18.2 Å². The van der Waals surface area contributed by atoms with E-state index in [9.17, 15) is 18.0 Å². The molecule has 0 fully saturated rings. The quantitative estimate of drug-likeness (QED) is 0.812. The summed E-state index contributed by atoms with van der Waals surface area (Å²) in [7, 11) is 2.75. The maximum absolute atomic E-state index is 12.8. The minimum atomic E-state index is -4.56. The molecule has 0 bridgehead atoms. The summed E-state index contributed by atoms with van der Waals surface area (Å²) in [5, 5.41) is 5.17. The van der Waals surface area contributed by atoms with E-state index in [0.717, 1.165) is 0 Å². The lowest BCUT2D eigenvalue weighted by molar-refractivity contribution is -0.137. The van der Waals surface area contributed by atoms with Crippen molar-refractivity contribution in [2.45, 2.75) is 13.1 Å². The number of aromatic nitrogens is 2. The molecule has 24 heavy (non-hydrogen) atoms. The van der Waals surface area contributed by atoms with Crippen molar-refractivity contribution in [3.63, 3.8) is 0 Å². The molecular weight excluding hydrogens is 325 g/mol. The monoisotopic (exact) mass is 340 g/mol. The summed E-state index contributed by atoms with van der Waals surface area (Å²) in [5.41, 5.74) is -0.0968. The van der Waals surface area contributed by atoms with E-state index in [-0.39, 0.29) is 17.5 Å². The molecule has 128 valence electrons. The number of ether oxygens (including phenoxy) is 1. The molecule has 0 amide bonds. The van der Waals surface area contributed by atoms with Gasteiger partial charge in [0, 0.05) is 18.8 Å². The molecule has 1 aromatic carbocycles. The molecule has 0 saturated carbocycles. The van der Waals surface area contributed by atoms with Crippen molar-refractivity contribution in [2.75, 3.05) is 24.8 Å². The second-order valence-electron chi connectivity index (χ2n) is 4.80. The number of carbonyl (C=O) groups excluding carboxylic acids is 1. The molecule has 0 aliphatic heterocycles. The Bertz CT molecular complexity index is 763. The number of carbonyl (C=O) groups is 1. The minimum absolute atomic E-state index is 0.0405. The first-order valence-corrected chi connectivity index (χ1v) is 6.84. The summed E-state index contributed by atoms with van der Waals surface area (Å²) in [6.45, 7) is 1.42. The van der Waals surface area contributed by atoms with Gasteiger partial charge in [0.2, 0.25) is 5.95 Å². The summed E-state index contributed by atoms with van der Waals surface area (Å²) in [6.07, 6.45) is -3.87. The van der Waals surface area contributed by atoms with Crippen LogP contribution >= 0.6 is 0 Å². The number of ketones is 1. The van der Waals surface area contributed by atoms with E-state index < -0.39 is 11.7 Å². The van der Waals surface area contributed by atoms with Gasteiger partial charge >= 0.3 is 6.18 Å². The van der Waals surface area contributed by atoms with Gasteiger partial charge in [-0.05, 0) is 25.1 Å². The van der Waals surface area contributed by atoms with Crippen LogP contribution < -0.4 is 15.4 Å². The predicted molar refractivity (Wildman–Crippen MR) is 82.9 cm³/mol. The van der Waals surface area contributed by atoms with E-state index in [1.165, 1.54) is 27.1 Å². The highest BCUT2D eigenvalue weighted by Crippen LogP contribution is 2.34. The zero-order chi connectivity index (χ0) is 17.9. The fourth-order valence-corrected chi connectivity index (χ4v) is 1.97. The van der Waals surface area contributed by atoms with Crippen LogP contribution in [0.4, 0.5) is 30.6 Å². The highest BCUT2D eigenvalue weighted by Gasteiger charge is 2.35. The Morgan fingerprint density at radius 3 is 2.54 bits per heavy atom. The van der Waals surface area contributed by atoms with Gasteiger partial charge in [-0.25, -0.2) is 4.98 Å². The van der Waals surface area contributed by atoms with Crippen molar-refractivity contribution in [1.29, 1.82) is 0 Å². The van der Waals surface area contributed by atoms with Crippen LogP contribution in [-0.4, -0.2) is 29.9 Å². The van der Waals surface area contributed by atoms with Crippen LogP contribution in [0.25, 0.3) is 0 Å². The molecule has 9 heteroatoms. The number of alkyl halides is 3. The van der Waals surface area contributed by atoms with Gasteiger partial charge in [-0.15, -0.1) is 0 Å². The van der Waals surface area contributed by atoms with Gasteiger partial charge in [-0.1, -0.05) is 0 Å². The lowest BCUT2D eigenvalue weighted by Gasteiger charge is -2.14. The van der Waals surface area contributed by atoms with Gasteiger partial charge in [0.1, 0.15) is 17.1 Å². The summed E-state index contributed by atoms with van der Waals surface area (Å²) >= 11 is 0. The largest absolute Gasteiger partial charge is 0.495 e. The Balaban J connectivity index is 2.36. The zero-order valence-electron chi connectivity index (χ0n) is 13.2. The Hall–Kier alpha value is -2.84. The molecule has 0 saturated heterocycles. The molecule has 2 aromatic rings. The van der Waals surface area contributed by atoms with E-state index in [0.29, 0.717) is 23.2 Å². The third-order valence-electron chi connectivity index (χ3n) is 3.19. The number of methoxy groups -OCH3 is 1. The Morgan fingerprint density at radius 1 is 1.29 bits per heavy atom. The lowest BCUT2D eigenvalue weighted by atomic mass is 10.1. The number of nitrogens with zero attached hydrogens (tertiary/aromatic N) is 2. The summed E-state index contributed by atoms with van der Waals surface area (Å²) in [6, 6.07) is 4.65. The van der Waals surface area contributed by atoms with Gasteiger partial charge in [-0.3, -0.25) is 4.79 Å². The van der Waals surface area contributed by atoms with Crippen molar-refractivity contribution >= 4 is 23.2 Å². The van der Waals surface area contributed by atoms with E-state index in [1.807, 2.05) is 0 Å². The molecular formula is C15H15F3N4O2. The number of halogens is 3. The first-order valence-electron chi connectivity index (χ1n) is 6.84. The highest BCUT2D eigenvalue weighted by molar-refractivity contribution is 5.95. The molecule has 2 rings (SSSR count). The van der Waals surface area contributed by atoms with E-state index in [2.05, 4.69) is 20.6 Å². The minimum Gasteiger partial charge on any atom is -0.495 e. The maximum atomic E-state index is 12.8. The highest BCUT2D eigenvalue weighted by atomic mass is 19.4. The molecule has 0 unspecified atom stereocenters. The molecule has 2 N–H and O–H groups in total. The Labute approximate surface area is 136 Å². The van der Waals surface area contributed by atoms with E-state index in [1.54, 1.807) is 12.1 Å². The summed E-state index contributed by atoms with van der Waals surface area (Å²) in [4.78, 5) is 18.9. The number of benzene rings is 1. The third kappa shape index (κ3) is 3.73. The molecule has 0 radical (unpaired) electrons. The molecule has 1 heterocycles. The van der Waals surface area contributed by atoms with Gasteiger partial charge in [0.15, 0.2) is 5.78 Å². The van der Waals surface area contributed by atoms with Crippen LogP contribution in [0.1, 0.15) is 22.8 Å². The molecule has 0 atom stereocenters. The van der Waals surface area contributed by atoms with Crippen LogP contribution in [0, 0.1) is 0 Å². The summed E-state index contributed by atoms with van der Waals surface area (Å²) < 4.78 is 43.7. The molecule has 0 spiro atoms. The van der Waals surface area contributed by atoms with Crippen LogP contribution in [0.5, 0.6) is 5.75 Å². The first-order chi connectivity index (χ1) is 11.3. The molecule has 1 aromatic heterocycles. The Morgan fingerprint density at radius 2 is 2.00 bits per heavy atom. The number of hydrogen-bond donors (Lipinski definition) is 2. The average Bonchev–Trinajstić information content (AvgIpc) is 2.53. The average molecular weight is 340 g/mol. The second-order valence-corrected chi connectivity index (χ2v) is 4.80. The van der Waals surface area contributed by atoms with Crippen molar-refractivity contribution < 1.29 is 22.7 Å². The van der Waals surface area contributed by atoms with Crippen molar-refractivity contribution in [1.82, 2.24) is 9.97 Å². The smallest absolute Gasteiger partial charge is 0.421 e. The van der Waals surface area contributed by atoms with Crippen LogP contribution in [-0.2, 0) is 6.18 Å². The number of anilines is 3. The molecule has 0 aliphatic carbocycles. The normalized spacial score (nSPS) is 11.1. The van der Waals surface area contributed by atoms with Crippen molar-refractivity contribution in [3.8, 4) is 5.75 Å². The Kier molecular flexibility index (Phi) is 4.91. The fraction of sp³-hybridized carbons (Fsp3) is 0.267. The third-order valence-corrected chi connectivity index (χ3v) is 3.19. The second kappa shape index (κ2) is 6.73. The zero-order valence-corrected chi connectivity index (χ0v) is 13.2.